The van der Waals surface area contributed by atoms with E-state index in [1.54, 1.807) is 6.07 Å². The summed E-state index contributed by atoms with van der Waals surface area (Å²) < 4.78 is 18.4. The van der Waals surface area contributed by atoms with Crippen molar-refractivity contribution >= 4 is 5.82 Å². The molecule has 0 amide bonds. The zero-order chi connectivity index (χ0) is 15.4. The highest BCUT2D eigenvalue weighted by atomic mass is 19.1. The van der Waals surface area contributed by atoms with E-state index in [-0.39, 0.29) is 5.82 Å². The Kier molecular flexibility index (Phi) is 5.23. The molecular formula is C16H25FN4O. The van der Waals surface area contributed by atoms with Crippen molar-refractivity contribution in [1.29, 1.82) is 0 Å². The van der Waals surface area contributed by atoms with E-state index in [2.05, 4.69) is 26.6 Å². The monoisotopic (exact) mass is 308 g/mol. The Morgan fingerprint density at radius 2 is 1.91 bits per heavy atom. The lowest BCUT2D eigenvalue weighted by Crippen LogP contribution is -2.54. The molecule has 1 aromatic rings. The number of ether oxygens (including phenoxy) is 1. The molecule has 3 heterocycles. The summed E-state index contributed by atoms with van der Waals surface area (Å²) >= 11 is 0. The first kappa shape index (κ1) is 15.6. The summed E-state index contributed by atoms with van der Waals surface area (Å²) in [4.78, 5) is 11.5. The predicted octanol–water partition coefficient (Wildman–Crippen LogP) is 1.06. The normalized spacial score (nSPS) is 24.6. The lowest BCUT2D eigenvalue weighted by Gasteiger charge is -2.41. The van der Waals surface area contributed by atoms with Crippen LogP contribution < -0.4 is 4.90 Å². The van der Waals surface area contributed by atoms with E-state index in [1.165, 1.54) is 12.3 Å². The maximum Gasteiger partial charge on any atom is 0.141 e. The molecule has 0 saturated carbocycles. The van der Waals surface area contributed by atoms with Crippen molar-refractivity contribution in [2.75, 3.05) is 63.9 Å². The van der Waals surface area contributed by atoms with Crippen LogP contribution in [0.3, 0.4) is 0 Å². The van der Waals surface area contributed by atoms with Crippen molar-refractivity contribution < 1.29 is 9.13 Å². The number of aromatic nitrogens is 1. The first-order valence-electron chi connectivity index (χ1n) is 8.13. The minimum absolute atomic E-state index is 0.277. The van der Waals surface area contributed by atoms with Gasteiger partial charge in [0, 0.05) is 51.9 Å². The van der Waals surface area contributed by atoms with Crippen LogP contribution in [0.1, 0.15) is 6.92 Å². The largest absolute Gasteiger partial charge is 0.379 e. The van der Waals surface area contributed by atoms with Crippen molar-refractivity contribution in [3.05, 3.63) is 24.1 Å². The number of anilines is 1. The van der Waals surface area contributed by atoms with Gasteiger partial charge >= 0.3 is 0 Å². The van der Waals surface area contributed by atoms with Gasteiger partial charge in [0.25, 0.3) is 0 Å². The predicted molar refractivity (Wildman–Crippen MR) is 84.7 cm³/mol. The van der Waals surface area contributed by atoms with E-state index in [4.69, 9.17) is 4.74 Å². The van der Waals surface area contributed by atoms with Gasteiger partial charge in [-0.2, -0.15) is 0 Å². The first-order valence-corrected chi connectivity index (χ1v) is 8.13. The van der Waals surface area contributed by atoms with Crippen LogP contribution in [0.5, 0.6) is 0 Å². The second kappa shape index (κ2) is 7.35. The van der Waals surface area contributed by atoms with Crippen molar-refractivity contribution in [2.24, 2.45) is 0 Å². The molecule has 122 valence electrons. The van der Waals surface area contributed by atoms with Gasteiger partial charge in [-0.3, -0.25) is 9.80 Å². The smallest absolute Gasteiger partial charge is 0.141 e. The Labute approximate surface area is 131 Å². The molecule has 0 aromatic carbocycles. The standard InChI is InChI=1S/C16H25FN4O/c1-14-13-20(5-4-19-8-10-22-11-9-19)6-7-21(14)16-3-2-15(17)12-18-16/h2-3,12,14H,4-11,13H2,1H3. The van der Waals surface area contributed by atoms with Crippen molar-refractivity contribution in [3.63, 3.8) is 0 Å². The quantitative estimate of drug-likeness (QED) is 0.830. The van der Waals surface area contributed by atoms with Crippen LogP contribution in [0.25, 0.3) is 0 Å². The number of morpholine rings is 1. The highest BCUT2D eigenvalue weighted by Gasteiger charge is 2.25. The third-order valence-corrected chi connectivity index (χ3v) is 4.55. The molecule has 22 heavy (non-hydrogen) atoms. The molecule has 0 bridgehead atoms. The third kappa shape index (κ3) is 3.94. The Morgan fingerprint density at radius 1 is 1.14 bits per heavy atom. The van der Waals surface area contributed by atoms with Crippen LogP contribution in [0.2, 0.25) is 0 Å². The highest BCUT2D eigenvalue weighted by Crippen LogP contribution is 2.18. The number of rotatable bonds is 4. The second-order valence-corrected chi connectivity index (χ2v) is 6.13. The van der Waals surface area contributed by atoms with E-state index in [0.29, 0.717) is 6.04 Å². The number of halogens is 1. The highest BCUT2D eigenvalue weighted by molar-refractivity contribution is 5.40. The molecule has 1 aromatic heterocycles. The molecule has 2 aliphatic heterocycles. The fourth-order valence-corrected chi connectivity index (χ4v) is 3.22. The van der Waals surface area contributed by atoms with Gasteiger partial charge in [-0.1, -0.05) is 0 Å². The average Bonchev–Trinajstić information content (AvgIpc) is 2.55. The van der Waals surface area contributed by atoms with Crippen LogP contribution in [-0.2, 0) is 4.74 Å². The lowest BCUT2D eigenvalue weighted by molar-refractivity contribution is 0.0325. The molecule has 1 unspecified atom stereocenters. The van der Waals surface area contributed by atoms with E-state index in [1.807, 2.05) is 0 Å². The summed E-state index contributed by atoms with van der Waals surface area (Å²) in [6, 6.07) is 3.66. The Bertz CT molecular complexity index is 464. The summed E-state index contributed by atoms with van der Waals surface area (Å²) in [6.45, 7) is 11.3. The molecule has 0 radical (unpaired) electrons. The number of piperazine rings is 1. The van der Waals surface area contributed by atoms with Crippen LogP contribution in [-0.4, -0.2) is 79.9 Å². The summed E-state index contributed by atoms with van der Waals surface area (Å²) in [5.41, 5.74) is 0. The van der Waals surface area contributed by atoms with Crippen molar-refractivity contribution in [3.8, 4) is 0 Å². The van der Waals surface area contributed by atoms with E-state index < -0.39 is 0 Å². The van der Waals surface area contributed by atoms with Gasteiger partial charge in [-0.15, -0.1) is 0 Å². The Balaban J connectivity index is 1.48. The number of nitrogens with zero attached hydrogens (tertiary/aromatic N) is 4. The SMILES string of the molecule is CC1CN(CCN2CCOCC2)CCN1c1ccc(F)cn1. The Hall–Kier alpha value is -1.24. The fraction of sp³-hybridized carbons (Fsp3) is 0.688. The van der Waals surface area contributed by atoms with Gasteiger partial charge in [0.1, 0.15) is 11.6 Å². The number of hydrogen-bond acceptors (Lipinski definition) is 5. The average molecular weight is 308 g/mol. The fourth-order valence-electron chi connectivity index (χ4n) is 3.22. The molecular weight excluding hydrogens is 283 g/mol. The lowest BCUT2D eigenvalue weighted by atomic mass is 10.2. The van der Waals surface area contributed by atoms with Crippen molar-refractivity contribution in [1.82, 2.24) is 14.8 Å². The maximum atomic E-state index is 13.0. The van der Waals surface area contributed by atoms with Crippen LogP contribution in [0.15, 0.2) is 18.3 Å². The van der Waals surface area contributed by atoms with E-state index in [9.17, 15) is 4.39 Å². The topological polar surface area (TPSA) is 31.8 Å². The third-order valence-electron chi connectivity index (χ3n) is 4.55. The van der Waals surface area contributed by atoms with Crippen LogP contribution in [0.4, 0.5) is 10.2 Å². The summed E-state index contributed by atoms with van der Waals surface area (Å²) in [5, 5.41) is 0. The minimum atomic E-state index is -0.277. The first-order chi connectivity index (χ1) is 10.7. The number of hydrogen-bond donors (Lipinski definition) is 0. The second-order valence-electron chi connectivity index (χ2n) is 6.13. The van der Waals surface area contributed by atoms with Crippen LogP contribution in [0, 0.1) is 5.82 Å². The van der Waals surface area contributed by atoms with Gasteiger partial charge < -0.3 is 9.64 Å². The molecule has 0 N–H and O–H groups in total. The zero-order valence-electron chi connectivity index (χ0n) is 13.2. The van der Waals surface area contributed by atoms with Gasteiger partial charge in [-0.25, -0.2) is 9.37 Å². The van der Waals surface area contributed by atoms with Gasteiger partial charge in [0.05, 0.1) is 19.4 Å². The summed E-state index contributed by atoms with van der Waals surface area (Å²) in [6.07, 6.45) is 1.30. The molecule has 2 aliphatic rings. The minimum Gasteiger partial charge on any atom is -0.379 e. The molecule has 0 aliphatic carbocycles. The maximum absolute atomic E-state index is 13.0. The van der Waals surface area contributed by atoms with Crippen molar-refractivity contribution in [2.45, 2.75) is 13.0 Å². The number of pyridine rings is 1. The Morgan fingerprint density at radius 3 is 2.59 bits per heavy atom. The molecule has 2 fully saturated rings. The molecule has 0 spiro atoms. The molecule has 2 saturated heterocycles. The summed E-state index contributed by atoms with van der Waals surface area (Å²) in [5.74, 6) is 0.599. The summed E-state index contributed by atoms with van der Waals surface area (Å²) in [7, 11) is 0. The van der Waals surface area contributed by atoms with Gasteiger partial charge in [0.2, 0.25) is 0 Å². The molecule has 3 rings (SSSR count). The van der Waals surface area contributed by atoms with Gasteiger partial charge in [0.15, 0.2) is 0 Å². The molecule has 1 atom stereocenters. The zero-order valence-corrected chi connectivity index (χ0v) is 13.2. The van der Waals surface area contributed by atoms with E-state index >= 15 is 0 Å². The van der Waals surface area contributed by atoms with E-state index in [0.717, 1.165) is 64.8 Å². The van der Waals surface area contributed by atoms with Gasteiger partial charge in [-0.05, 0) is 19.1 Å². The molecule has 5 nitrogen and oxygen atoms in total. The van der Waals surface area contributed by atoms with Crippen LogP contribution >= 0.6 is 0 Å². The molecule has 6 heteroatoms.